The second-order valence-corrected chi connectivity index (χ2v) is 4.23. The summed E-state index contributed by atoms with van der Waals surface area (Å²) in [7, 11) is 2.86. The van der Waals surface area contributed by atoms with Crippen LogP contribution in [-0.4, -0.2) is 34.0 Å². The number of pyridine rings is 2. The van der Waals surface area contributed by atoms with Crippen LogP contribution in [0.15, 0.2) is 30.5 Å². The molecule has 0 fully saturated rings. The van der Waals surface area contributed by atoms with E-state index in [1.54, 1.807) is 0 Å². The first-order valence-corrected chi connectivity index (χ1v) is 6.62. The zero-order valence-corrected chi connectivity index (χ0v) is 13.3. The fourth-order valence-electron chi connectivity index (χ4n) is 1.56. The van der Waals surface area contributed by atoms with E-state index in [4.69, 9.17) is 14.7 Å². The number of hydrogen-bond acceptors (Lipinski definition) is 9. The van der Waals surface area contributed by atoms with Crippen LogP contribution in [0, 0.1) is 31.6 Å². The third-order valence-electron chi connectivity index (χ3n) is 2.72. The van der Waals surface area contributed by atoms with Gasteiger partial charge in [-0.15, -0.1) is 0 Å². The van der Waals surface area contributed by atoms with Crippen LogP contribution in [0.2, 0.25) is 0 Å². The van der Waals surface area contributed by atoms with Crippen molar-refractivity contribution in [2.45, 2.75) is 6.42 Å². The van der Waals surface area contributed by atoms with Crippen molar-refractivity contribution in [2.24, 2.45) is 0 Å². The Balaban J connectivity index is 0.000000257. The molecule has 0 amide bonds. The fraction of sp³-hybridized carbons (Fsp3) is 0.214. The zero-order valence-electron chi connectivity index (χ0n) is 13.3. The molecule has 0 saturated carbocycles. The fourth-order valence-corrected chi connectivity index (χ4v) is 1.56. The molecule has 0 unspecified atom stereocenters. The van der Waals surface area contributed by atoms with Crippen LogP contribution in [-0.2, 0) is 6.42 Å². The lowest BCUT2D eigenvalue weighted by atomic mass is 10.2. The average molecular weight is 347 g/mol. The number of methoxy groups -OCH3 is 2. The number of nitro groups is 2. The van der Waals surface area contributed by atoms with Crippen molar-refractivity contribution in [2.75, 3.05) is 14.2 Å². The van der Waals surface area contributed by atoms with E-state index in [2.05, 4.69) is 9.97 Å². The molecular formula is C14H13N5O6. The largest absolute Gasteiger partial charge is 0.481 e. The van der Waals surface area contributed by atoms with Gasteiger partial charge >= 0.3 is 0 Å². The SMILES string of the molecule is COc1ccc([N+](=O)[O-])c(CC#N)n1.COc1ccc([N+](=O)[O-])cn1. The minimum atomic E-state index is -0.570. The van der Waals surface area contributed by atoms with Gasteiger partial charge in [-0.05, 0) is 0 Å². The molecule has 0 aliphatic carbocycles. The Morgan fingerprint density at radius 3 is 2.16 bits per heavy atom. The Labute approximate surface area is 141 Å². The number of hydrogen-bond donors (Lipinski definition) is 0. The Hall–Kier alpha value is -3.81. The molecule has 0 saturated heterocycles. The van der Waals surface area contributed by atoms with Crippen molar-refractivity contribution < 1.29 is 19.3 Å². The van der Waals surface area contributed by atoms with E-state index in [0.29, 0.717) is 5.88 Å². The van der Waals surface area contributed by atoms with Gasteiger partial charge in [-0.2, -0.15) is 5.26 Å². The average Bonchev–Trinajstić information content (AvgIpc) is 2.62. The molecule has 2 rings (SSSR count). The second-order valence-electron chi connectivity index (χ2n) is 4.23. The highest BCUT2D eigenvalue weighted by Gasteiger charge is 2.15. The standard InChI is InChI=1S/C8H7N3O3.C6H6N2O3/c1-14-8-3-2-7(11(12)13)6(10-8)4-5-9;1-11-6-3-2-5(4-7-6)8(9)10/h2-3H,4H2,1H3;2-4H,1H3. The van der Waals surface area contributed by atoms with Crippen molar-refractivity contribution in [3.8, 4) is 17.8 Å². The van der Waals surface area contributed by atoms with Gasteiger partial charge in [0.25, 0.3) is 11.4 Å². The summed E-state index contributed by atoms with van der Waals surface area (Å²) < 4.78 is 9.51. The summed E-state index contributed by atoms with van der Waals surface area (Å²) >= 11 is 0. The molecule has 0 N–H and O–H groups in total. The van der Waals surface area contributed by atoms with Crippen molar-refractivity contribution >= 4 is 11.4 Å². The lowest BCUT2D eigenvalue weighted by Gasteiger charge is -2.00. The van der Waals surface area contributed by atoms with Gasteiger partial charge < -0.3 is 9.47 Å². The van der Waals surface area contributed by atoms with Gasteiger partial charge in [-0.1, -0.05) is 0 Å². The lowest BCUT2D eigenvalue weighted by Crippen LogP contribution is -1.99. The number of nitriles is 1. The Kier molecular flexibility index (Phi) is 7.20. The Bertz CT molecular complexity index is 787. The van der Waals surface area contributed by atoms with Crippen molar-refractivity contribution in [3.05, 3.63) is 56.4 Å². The van der Waals surface area contributed by atoms with Gasteiger partial charge in [0.15, 0.2) is 0 Å². The minimum Gasteiger partial charge on any atom is -0.481 e. The van der Waals surface area contributed by atoms with E-state index >= 15 is 0 Å². The number of rotatable bonds is 5. The molecule has 11 heteroatoms. The summed E-state index contributed by atoms with van der Waals surface area (Å²) in [5, 5.41) is 29.1. The molecule has 0 bridgehead atoms. The highest BCUT2D eigenvalue weighted by molar-refractivity contribution is 5.39. The lowest BCUT2D eigenvalue weighted by molar-refractivity contribution is -0.385. The van der Waals surface area contributed by atoms with Gasteiger partial charge in [-0.25, -0.2) is 9.97 Å². The first kappa shape index (κ1) is 19.2. The summed E-state index contributed by atoms with van der Waals surface area (Å²) in [6.45, 7) is 0. The Morgan fingerprint density at radius 1 is 1.08 bits per heavy atom. The predicted molar refractivity (Wildman–Crippen MR) is 84.2 cm³/mol. The highest BCUT2D eigenvalue weighted by atomic mass is 16.6. The first-order chi connectivity index (χ1) is 11.9. The monoisotopic (exact) mass is 347 g/mol. The van der Waals surface area contributed by atoms with Crippen molar-refractivity contribution in [3.63, 3.8) is 0 Å². The molecule has 2 aromatic rings. The van der Waals surface area contributed by atoms with E-state index in [-0.39, 0.29) is 29.4 Å². The second kappa shape index (κ2) is 9.36. The Morgan fingerprint density at radius 2 is 1.72 bits per heavy atom. The third kappa shape index (κ3) is 5.71. The van der Waals surface area contributed by atoms with Crippen LogP contribution in [0.5, 0.6) is 11.8 Å². The van der Waals surface area contributed by atoms with Crippen LogP contribution < -0.4 is 9.47 Å². The maximum Gasteiger partial charge on any atom is 0.292 e. The first-order valence-electron chi connectivity index (χ1n) is 6.62. The number of aromatic nitrogens is 2. The molecule has 0 aliphatic heterocycles. The molecule has 11 nitrogen and oxygen atoms in total. The molecular weight excluding hydrogens is 334 g/mol. The maximum absolute atomic E-state index is 10.5. The van der Waals surface area contributed by atoms with Crippen LogP contribution >= 0.6 is 0 Å². The van der Waals surface area contributed by atoms with Gasteiger partial charge in [0.1, 0.15) is 11.9 Å². The number of ether oxygens (including phenoxy) is 2. The summed E-state index contributed by atoms with van der Waals surface area (Å²) in [5.41, 5.74) is -0.0741. The van der Waals surface area contributed by atoms with E-state index in [1.807, 2.05) is 6.07 Å². The van der Waals surface area contributed by atoms with E-state index in [9.17, 15) is 20.2 Å². The summed E-state index contributed by atoms with van der Waals surface area (Å²) in [5.74, 6) is 0.636. The quantitative estimate of drug-likeness (QED) is 0.583. The van der Waals surface area contributed by atoms with Gasteiger partial charge in [0.05, 0.1) is 36.6 Å². The van der Waals surface area contributed by atoms with Crippen LogP contribution in [0.1, 0.15) is 5.69 Å². The number of nitrogens with zero attached hydrogens (tertiary/aromatic N) is 5. The normalized spacial score (nSPS) is 9.16. The summed E-state index contributed by atoms with van der Waals surface area (Å²) in [6.07, 6.45) is 1.05. The third-order valence-corrected chi connectivity index (χ3v) is 2.72. The molecule has 0 spiro atoms. The summed E-state index contributed by atoms with van der Waals surface area (Å²) in [6, 6.07) is 7.25. The van der Waals surface area contributed by atoms with E-state index < -0.39 is 9.85 Å². The van der Waals surface area contributed by atoms with Gasteiger partial charge in [0.2, 0.25) is 11.8 Å². The molecule has 0 atom stereocenters. The predicted octanol–water partition coefficient (Wildman–Crippen LogP) is 2.06. The summed E-state index contributed by atoms with van der Waals surface area (Å²) in [4.78, 5) is 27.0. The van der Waals surface area contributed by atoms with E-state index in [0.717, 1.165) is 6.20 Å². The van der Waals surface area contributed by atoms with Gasteiger partial charge in [0, 0.05) is 24.3 Å². The topological polar surface area (TPSA) is 154 Å². The minimum absolute atomic E-state index is 0.0363. The van der Waals surface area contributed by atoms with Crippen molar-refractivity contribution in [1.82, 2.24) is 9.97 Å². The molecule has 0 aromatic carbocycles. The smallest absolute Gasteiger partial charge is 0.292 e. The molecule has 2 aromatic heterocycles. The van der Waals surface area contributed by atoms with Crippen LogP contribution in [0.4, 0.5) is 11.4 Å². The van der Waals surface area contributed by atoms with E-state index in [1.165, 1.54) is 38.5 Å². The molecule has 0 radical (unpaired) electrons. The zero-order chi connectivity index (χ0) is 18.8. The molecule has 25 heavy (non-hydrogen) atoms. The van der Waals surface area contributed by atoms with Crippen molar-refractivity contribution in [1.29, 1.82) is 5.26 Å². The molecule has 2 heterocycles. The highest BCUT2D eigenvalue weighted by Crippen LogP contribution is 2.20. The van der Waals surface area contributed by atoms with Gasteiger partial charge in [-0.3, -0.25) is 20.2 Å². The maximum atomic E-state index is 10.5. The molecule has 130 valence electrons. The van der Waals surface area contributed by atoms with Crippen LogP contribution in [0.3, 0.4) is 0 Å². The van der Waals surface area contributed by atoms with Crippen LogP contribution in [0.25, 0.3) is 0 Å². The molecule has 0 aliphatic rings.